The van der Waals surface area contributed by atoms with Gasteiger partial charge < -0.3 is 4.74 Å². The van der Waals surface area contributed by atoms with Gasteiger partial charge in [0.1, 0.15) is 11.4 Å². The molecule has 2 aromatic rings. The van der Waals surface area contributed by atoms with Gasteiger partial charge in [0.25, 0.3) is 5.69 Å². The summed E-state index contributed by atoms with van der Waals surface area (Å²) in [7, 11) is 0. The van der Waals surface area contributed by atoms with Gasteiger partial charge in [0.05, 0.1) is 17.6 Å². The van der Waals surface area contributed by atoms with E-state index in [2.05, 4.69) is 11.9 Å². The van der Waals surface area contributed by atoms with Crippen LogP contribution >= 0.6 is 0 Å². The Morgan fingerprint density at radius 2 is 1.91 bits per heavy atom. The Balaban J connectivity index is 2.27. The molecule has 22 heavy (non-hydrogen) atoms. The number of ether oxygens (including phenoxy) is 1. The summed E-state index contributed by atoms with van der Waals surface area (Å²) in [4.78, 5) is 14.9. The molecule has 2 aromatic carbocycles. The number of nitrogens with zero attached hydrogens (tertiary/aromatic N) is 2. The molecule has 0 aliphatic heterocycles. The standard InChI is InChI=1S/C17H18N2O3/c1-3-13-5-7-14(8-6-13)12-18-16-10-9-15(22-4-2)11-17(16)19(20)21/h5-12H,3-4H2,1-2H3. The minimum atomic E-state index is -0.449. The first-order valence-electron chi connectivity index (χ1n) is 7.18. The molecular weight excluding hydrogens is 280 g/mol. The van der Waals surface area contributed by atoms with Crippen molar-refractivity contribution < 1.29 is 9.66 Å². The molecule has 0 unspecified atom stereocenters. The van der Waals surface area contributed by atoms with Crippen molar-refractivity contribution in [3.63, 3.8) is 0 Å². The molecule has 0 amide bonds. The van der Waals surface area contributed by atoms with Crippen LogP contribution in [0.1, 0.15) is 25.0 Å². The molecule has 114 valence electrons. The molecule has 0 bridgehead atoms. The van der Waals surface area contributed by atoms with Gasteiger partial charge in [0.15, 0.2) is 0 Å². The lowest BCUT2D eigenvalue weighted by Crippen LogP contribution is -1.94. The number of hydrogen-bond acceptors (Lipinski definition) is 4. The van der Waals surface area contributed by atoms with Crippen LogP contribution < -0.4 is 4.74 Å². The Hall–Kier alpha value is -2.69. The zero-order chi connectivity index (χ0) is 15.9. The summed E-state index contributed by atoms with van der Waals surface area (Å²) in [5, 5.41) is 11.1. The van der Waals surface area contributed by atoms with E-state index < -0.39 is 4.92 Å². The van der Waals surface area contributed by atoms with Gasteiger partial charge in [-0.1, -0.05) is 31.2 Å². The second-order valence-corrected chi connectivity index (χ2v) is 4.69. The fourth-order valence-electron chi connectivity index (χ4n) is 2.00. The van der Waals surface area contributed by atoms with Crippen molar-refractivity contribution >= 4 is 17.6 Å². The summed E-state index contributed by atoms with van der Waals surface area (Å²) in [5.41, 5.74) is 2.39. The molecule has 0 aromatic heterocycles. The summed E-state index contributed by atoms with van der Waals surface area (Å²) in [5.74, 6) is 0.473. The van der Waals surface area contributed by atoms with E-state index in [0.29, 0.717) is 18.0 Å². The van der Waals surface area contributed by atoms with Crippen LogP contribution in [0.5, 0.6) is 5.75 Å². The van der Waals surface area contributed by atoms with Gasteiger partial charge >= 0.3 is 0 Å². The highest BCUT2D eigenvalue weighted by molar-refractivity contribution is 5.83. The second kappa shape index (κ2) is 7.36. The summed E-state index contributed by atoms with van der Waals surface area (Å²) in [6, 6.07) is 12.6. The monoisotopic (exact) mass is 298 g/mol. The Bertz CT molecular complexity index is 679. The van der Waals surface area contributed by atoms with E-state index in [1.807, 2.05) is 31.2 Å². The number of nitro benzene ring substituents is 1. The van der Waals surface area contributed by atoms with Crippen molar-refractivity contribution in [2.24, 2.45) is 4.99 Å². The normalized spacial score (nSPS) is 10.8. The van der Waals surface area contributed by atoms with Crippen LogP contribution in [0.15, 0.2) is 47.5 Å². The zero-order valence-electron chi connectivity index (χ0n) is 12.7. The Morgan fingerprint density at radius 1 is 1.18 bits per heavy atom. The van der Waals surface area contributed by atoms with E-state index in [4.69, 9.17) is 4.74 Å². The number of aryl methyl sites for hydroxylation is 1. The predicted molar refractivity (Wildman–Crippen MR) is 87.3 cm³/mol. The third-order valence-electron chi connectivity index (χ3n) is 3.20. The van der Waals surface area contributed by atoms with Gasteiger partial charge in [-0.05, 0) is 36.6 Å². The number of nitro groups is 1. The highest BCUT2D eigenvalue weighted by Crippen LogP contribution is 2.31. The third kappa shape index (κ3) is 3.91. The smallest absolute Gasteiger partial charge is 0.298 e. The molecule has 0 saturated carbocycles. The average Bonchev–Trinajstić information content (AvgIpc) is 2.54. The first-order chi connectivity index (χ1) is 10.6. The lowest BCUT2D eigenvalue weighted by atomic mass is 10.1. The maximum atomic E-state index is 11.1. The van der Waals surface area contributed by atoms with E-state index >= 15 is 0 Å². The molecule has 0 heterocycles. The quantitative estimate of drug-likeness (QED) is 0.453. The van der Waals surface area contributed by atoms with Gasteiger partial charge in [0, 0.05) is 6.21 Å². The molecular formula is C17H18N2O3. The van der Waals surface area contributed by atoms with E-state index in [9.17, 15) is 10.1 Å². The fourth-order valence-corrected chi connectivity index (χ4v) is 2.00. The molecule has 0 aliphatic carbocycles. The molecule has 0 radical (unpaired) electrons. The van der Waals surface area contributed by atoms with Crippen molar-refractivity contribution in [3.8, 4) is 5.75 Å². The molecule has 0 atom stereocenters. The van der Waals surface area contributed by atoms with Gasteiger partial charge in [-0.25, -0.2) is 4.99 Å². The maximum Gasteiger partial charge on any atom is 0.298 e. The average molecular weight is 298 g/mol. The van der Waals surface area contributed by atoms with Gasteiger partial charge in [-0.3, -0.25) is 10.1 Å². The van der Waals surface area contributed by atoms with Gasteiger partial charge in [0.2, 0.25) is 0 Å². The fraction of sp³-hybridized carbons (Fsp3) is 0.235. The van der Waals surface area contributed by atoms with Crippen LogP contribution in [0.25, 0.3) is 0 Å². The van der Waals surface area contributed by atoms with Crippen LogP contribution in [0.3, 0.4) is 0 Å². The highest BCUT2D eigenvalue weighted by Gasteiger charge is 2.14. The molecule has 0 aliphatic rings. The SMILES string of the molecule is CCOc1ccc(N=Cc2ccc(CC)cc2)c([N+](=O)[O-])c1. The summed E-state index contributed by atoms with van der Waals surface area (Å²) in [6.07, 6.45) is 2.60. The van der Waals surface area contributed by atoms with Crippen LogP contribution in [0, 0.1) is 10.1 Å². The minimum Gasteiger partial charge on any atom is -0.494 e. The summed E-state index contributed by atoms with van der Waals surface area (Å²) in [6.45, 7) is 4.38. The van der Waals surface area contributed by atoms with Crippen LogP contribution in [0.4, 0.5) is 11.4 Å². The highest BCUT2D eigenvalue weighted by atomic mass is 16.6. The Morgan fingerprint density at radius 3 is 2.50 bits per heavy atom. The molecule has 2 rings (SSSR count). The number of rotatable bonds is 6. The molecule has 0 saturated heterocycles. The lowest BCUT2D eigenvalue weighted by Gasteiger charge is -2.04. The molecule has 0 N–H and O–H groups in total. The Labute approximate surface area is 129 Å². The van der Waals surface area contributed by atoms with Crippen molar-refractivity contribution in [2.45, 2.75) is 20.3 Å². The van der Waals surface area contributed by atoms with Crippen LogP contribution in [0.2, 0.25) is 0 Å². The first-order valence-corrected chi connectivity index (χ1v) is 7.18. The molecule has 5 heteroatoms. The van der Waals surface area contributed by atoms with Crippen molar-refractivity contribution in [2.75, 3.05) is 6.61 Å². The van der Waals surface area contributed by atoms with Crippen molar-refractivity contribution in [3.05, 3.63) is 63.7 Å². The van der Waals surface area contributed by atoms with Crippen molar-refractivity contribution in [1.29, 1.82) is 0 Å². The van der Waals surface area contributed by atoms with E-state index in [0.717, 1.165) is 12.0 Å². The van der Waals surface area contributed by atoms with Gasteiger partial charge in [-0.15, -0.1) is 0 Å². The number of aliphatic imine (C=N–C) groups is 1. The van der Waals surface area contributed by atoms with Crippen molar-refractivity contribution in [1.82, 2.24) is 0 Å². The molecule has 0 spiro atoms. The summed E-state index contributed by atoms with van der Waals surface area (Å²) < 4.78 is 5.28. The minimum absolute atomic E-state index is 0.0626. The van der Waals surface area contributed by atoms with Crippen LogP contribution in [-0.4, -0.2) is 17.7 Å². The molecule has 5 nitrogen and oxygen atoms in total. The first kappa shape index (κ1) is 15.7. The largest absolute Gasteiger partial charge is 0.494 e. The topological polar surface area (TPSA) is 64.7 Å². The van der Waals surface area contributed by atoms with Crippen LogP contribution in [-0.2, 0) is 6.42 Å². The zero-order valence-corrected chi connectivity index (χ0v) is 12.7. The summed E-state index contributed by atoms with van der Waals surface area (Å²) >= 11 is 0. The third-order valence-corrected chi connectivity index (χ3v) is 3.20. The predicted octanol–water partition coefficient (Wildman–Crippen LogP) is 4.31. The maximum absolute atomic E-state index is 11.1. The van der Waals surface area contributed by atoms with Gasteiger partial charge in [-0.2, -0.15) is 0 Å². The molecule has 0 fully saturated rings. The second-order valence-electron chi connectivity index (χ2n) is 4.69. The lowest BCUT2D eigenvalue weighted by molar-refractivity contribution is -0.384. The Kier molecular flexibility index (Phi) is 5.25. The van der Waals surface area contributed by atoms with E-state index in [1.165, 1.54) is 11.6 Å². The number of hydrogen-bond donors (Lipinski definition) is 0. The van der Waals surface area contributed by atoms with E-state index in [1.54, 1.807) is 18.3 Å². The number of benzene rings is 2. The van der Waals surface area contributed by atoms with E-state index in [-0.39, 0.29) is 5.69 Å².